The summed E-state index contributed by atoms with van der Waals surface area (Å²) in [6.07, 6.45) is 2.17. The molecule has 1 aliphatic carbocycles. The van der Waals surface area contributed by atoms with E-state index in [1.807, 2.05) is 27.7 Å². The van der Waals surface area contributed by atoms with Crippen LogP contribution >= 0.6 is 0 Å². The van der Waals surface area contributed by atoms with Crippen molar-refractivity contribution in [1.82, 2.24) is 20.6 Å². The summed E-state index contributed by atoms with van der Waals surface area (Å²) in [5, 5.41) is 11.0. The minimum atomic E-state index is -0.385. The highest BCUT2D eigenvalue weighted by molar-refractivity contribution is 5.95. The highest BCUT2D eigenvalue weighted by Crippen LogP contribution is 2.39. The average Bonchev–Trinajstić information content (AvgIpc) is 3.43. The summed E-state index contributed by atoms with van der Waals surface area (Å²) in [5.74, 6) is 3.05. The molecule has 1 amide bonds. The van der Waals surface area contributed by atoms with Gasteiger partial charge in [-0.05, 0) is 50.8 Å². The number of methoxy groups -OCH3 is 1. The Labute approximate surface area is 186 Å². The van der Waals surface area contributed by atoms with E-state index in [4.69, 9.17) is 18.5 Å². The van der Waals surface area contributed by atoms with Crippen LogP contribution in [-0.2, 0) is 6.61 Å². The molecule has 32 heavy (non-hydrogen) atoms. The van der Waals surface area contributed by atoms with Gasteiger partial charge in [0.25, 0.3) is 5.91 Å². The minimum absolute atomic E-state index is 0.0750. The predicted molar refractivity (Wildman–Crippen MR) is 115 cm³/mol. The van der Waals surface area contributed by atoms with E-state index in [2.05, 4.69) is 20.6 Å². The quantitative estimate of drug-likeness (QED) is 0.525. The number of benzene rings is 1. The van der Waals surface area contributed by atoms with Gasteiger partial charge in [0.2, 0.25) is 5.89 Å². The van der Waals surface area contributed by atoms with Gasteiger partial charge in [-0.1, -0.05) is 24.2 Å². The maximum Gasteiger partial charge on any atom is 0.252 e. The SMILES string of the molecule is COc1cc(C(=O)NC(c2nc(C3CC3)no2)C(C)C)ccc1OCc1c(C)noc1C. The molecule has 1 N–H and O–H groups in total. The van der Waals surface area contributed by atoms with Crippen molar-refractivity contribution >= 4 is 5.91 Å². The van der Waals surface area contributed by atoms with E-state index in [-0.39, 0.29) is 17.9 Å². The lowest BCUT2D eigenvalue weighted by Crippen LogP contribution is -2.32. The molecule has 2 aromatic heterocycles. The normalized spacial score (nSPS) is 14.4. The van der Waals surface area contributed by atoms with Gasteiger partial charge in [-0.3, -0.25) is 4.79 Å². The zero-order valence-electron chi connectivity index (χ0n) is 19.0. The fourth-order valence-corrected chi connectivity index (χ4v) is 3.41. The van der Waals surface area contributed by atoms with Gasteiger partial charge in [-0.15, -0.1) is 0 Å². The lowest BCUT2D eigenvalue weighted by molar-refractivity contribution is 0.0913. The van der Waals surface area contributed by atoms with Crippen LogP contribution in [0.4, 0.5) is 0 Å². The van der Waals surface area contributed by atoms with E-state index in [0.717, 1.165) is 29.9 Å². The monoisotopic (exact) mass is 440 g/mol. The molecule has 1 aromatic carbocycles. The van der Waals surface area contributed by atoms with Gasteiger partial charge in [0.15, 0.2) is 17.3 Å². The van der Waals surface area contributed by atoms with Gasteiger partial charge in [0.05, 0.1) is 18.4 Å². The third-order valence-electron chi connectivity index (χ3n) is 5.60. The van der Waals surface area contributed by atoms with Gasteiger partial charge in [-0.2, -0.15) is 4.98 Å². The summed E-state index contributed by atoms with van der Waals surface area (Å²) in [5.41, 5.74) is 2.11. The summed E-state index contributed by atoms with van der Waals surface area (Å²) >= 11 is 0. The Morgan fingerprint density at radius 2 is 1.97 bits per heavy atom. The van der Waals surface area contributed by atoms with Gasteiger partial charge < -0.3 is 23.8 Å². The number of rotatable bonds is 9. The maximum absolute atomic E-state index is 13.0. The summed E-state index contributed by atoms with van der Waals surface area (Å²) < 4.78 is 22.0. The molecule has 0 radical (unpaired) electrons. The molecule has 2 heterocycles. The van der Waals surface area contributed by atoms with Crippen molar-refractivity contribution in [1.29, 1.82) is 0 Å². The Hall–Kier alpha value is -3.36. The average molecular weight is 441 g/mol. The number of carbonyl (C=O) groups excluding carboxylic acids is 1. The highest BCUT2D eigenvalue weighted by Gasteiger charge is 2.32. The van der Waals surface area contributed by atoms with Crippen LogP contribution in [0.1, 0.15) is 77.7 Å². The van der Waals surface area contributed by atoms with Crippen LogP contribution in [0.2, 0.25) is 0 Å². The molecule has 0 bridgehead atoms. The Bertz CT molecular complexity index is 1080. The van der Waals surface area contributed by atoms with Gasteiger partial charge >= 0.3 is 0 Å². The van der Waals surface area contributed by atoms with Gasteiger partial charge in [-0.25, -0.2) is 0 Å². The van der Waals surface area contributed by atoms with E-state index < -0.39 is 0 Å². The first-order valence-corrected chi connectivity index (χ1v) is 10.7. The van der Waals surface area contributed by atoms with Crippen molar-refractivity contribution in [2.45, 2.75) is 59.1 Å². The van der Waals surface area contributed by atoms with Crippen LogP contribution in [0.15, 0.2) is 27.2 Å². The van der Waals surface area contributed by atoms with Crippen LogP contribution < -0.4 is 14.8 Å². The molecule has 1 fully saturated rings. The zero-order chi connectivity index (χ0) is 22.8. The number of aromatic nitrogens is 3. The minimum Gasteiger partial charge on any atom is -0.493 e. The number of ether oxygens (including phenoxy) is 2. The lowest BCUT2D eigenvalue weighted by Gasteiger charge is -2.19. The topological polar surface area (TPSA) is 113 Å². The molecule has 9 heteroatoms. The van der Waals surface area contributed by atoms with Crippen molar-refractivity contribution < 1.29 is 23.3 Å². The zero-order valence-corrected chi connectivity index (χ0v) is 19.0. The van der Waals surface area contributed by atoms with Gasteiger partial charge in [0, 0.05) is 11.5 Å². The molecule has 0 saturated heterocycles. The third kappa shape index (κ3) is 4.61. The van der Waals surface area contributed by atoms with Crippen LogP contribution in [0.25, 0.3) is 0 Å². The Morgan fingerprint density at radius 3 is 2.59 bits per heavy atom. The number of hydrogen-bond donors (Lipinski definition) is 1. The Kier molecular flexibility index (Phi) is 6.16. The lowest BCUT2D eigenvalue weighted by atomic mass is 10.0. The first kappa shape index (κ1) is 21.9. The molecule has 3 aromatic rings. The predicted octanol–water partition coefficient (Wildman–Crippen LogP) is 4.27. The largest absolute Gasteiger partial charge is 0.493 e. The van der Waals surface area contributed by atoms with E-state index in [1.54, 1.807) is 18.2 Å². The molecule has 1 atom stereocenters. The molecular weight excluding hydrogens is 412 g/mol. The summed E-state index contributed by atoms with van der Waals surface area (Å²) in [7, 11) is 1.54. The van der Waals surface area contributed by atoms with Crippen LogP contribution in [0, 0.1) is 19.8 Å². The molecular formula is C23H28N4O5. The number of aryl methyl sites for hydroxylation is 2. The molecule has 170 valence electrons. The van der Waals surface area contributed by atoms with Crippen molar-refractivity contribution in [3.8, 4) is 11.5 Å². The molecule has 9 nitrogen and oxygen atoms in total. The number of nitrogens with one attached hydrogen (secondary N) is 1. The first-order chi connectivity index (χ1) is 15.4. The number of nitrogens with zero attached hydrogens (tertiary/aromatic N) is 3. The first-order valence-electron chi connectivity index (χ1n) is 10.7. The smallest absolute Gasteiger partial charge is 0.252 e. The van der Waals surface area contributed by atoms with Gasteiger partial charge in [0.1, 0.15) is 18.4 Å². The second kappa shape index (κ2) is 9.02. The second-order valence-corrected chi connectivity index (χ2v) is 8.42. The number of carbonyl (C=O) groups is 1. The summed E-state index contributed by atoms with van der Waals surface area (Å²) in [6.45, 7) is 7.99. The molecule has 1 aliphatic rings. The summed E-state index contributed by atoms with van der Waals surface area (Å²) in [4.78, 5) is 17.5. The van der Waals surface area contributed by atoms with E-state index >= 15 is 0 Å². The Balaban J connectivity index is 1.47. The molecule has 0 aliphatic heterocycles. The van der Waals surface area contributed by atoms with Crippen LogP contribution in [0.5, 0.6) is 11.5 Å². The molecule has 0 spiro atoms. The highest BCUT2D eigenvalue weighted by atomic mass is 16.5. The van der Waals surface area contributed by atoms with E-state index in [0.29, 0.717) is 41.2 Å². The molecule has 1 unspecified atom stereocenters. The fraction of sp³-hybridized carbons (Fsp3) is 0.478. The third-order valence-corrected chi connectivity index (χ3v) is 5.60. The van der Waals surface area contributed by atoms with Crippen molar-refractivity contribution in [2.24, 2.45) is 5.92 Å². The van der Waals surface area contributed by atoms with Crippen LogP contribution in [-0.4, -0.2) is 28.3 Å². The number of hydrogen-bond acceptors (Lipinski definition) is 8. The maximum atomic E-state index is 13.0. The van der Waals surface area contributed by atoms with E-state index in [1.165, 1.54) is 7.11 Å². The molecule has 1 saturated carbocycles. The fourth-order valence-electron chi connectivity index (χ4n) is 3.41. The van der Waals surface area contributed by atoms with E-state index in [9.17, 15) is 4.79 Å². The summed E-state index contributed by atoms with van der Waals surface area (Å²) in [6, 6.07) is 4.68. The van der Waals surface area contributed by atoms with Crippen molar-refractivity contribution in [3.63, 3.8) is 0 Å². The second-order valence-electron chi connectivity index (χ2n) is 8.42. The standard InChI is InChI=1S/C23H28N4O5/c1-12(2)20(23-25-21(27-32-23)15-6-7-15)24-22(28)16-8-9-18(19(10-16)29-5)30-11-17-13(3)26-31-14(17)4/h8-10,12,15,20H,6-7,11H2,1-5H3,(H,24,28). The molecule has 4 rings (SSSR count). The Morgan fingerprint density at radius 1 is 1.19 bits per heavy atom. The van der Waals surface area contributed by atoms with Crippen molar-refractivity contribution in [2.75, 3.05) is 7.11 Å². The van der Waals surface area contributed by atoms with Crippen LogP contribution in [0.3, 0.4) is 0 Å². The number of amides is 1. The van der Waals surface area contributed by atoms with Crippen molar-refractivity contribution in [3.05, 3.63) is 52.5 Å².